The quantitative estimate of drug-likeness (QED) is 0.717. The fourth-order valence-corrected chi connectivity index (χ4v) is 2.38. The van der Waals surface area contributed by atoms with E-state index in [-0.39, 0.29) is 0 Å². The van der Waals surface area contributed by atoms with Crippen LogP contribution in [-0.4, -0.2) is 4.98 Å². The molecule has 0 aliphatic heterocycles. The molecule has 0 aliphatic rings. The van der Waals surface area contributed by atoms with Gasteiger partial charge in [-0.3, -0.25) is 4.98 Å². The van der Waals surface area contributed by atoms with Crippen LogP contribution in [0.4, 0.5) is 0 Å². The molecular formula is C15H15NS. The second-order valence-corrected chi connectivity index (χ2v) is 5.24. The summed E-state index contributed by atoms with van der Waals surface area (Å²) in [6.07, 6.45) is 8.13. The van der Waals surface area contributed by atoms with Crippen molar-refractivity contribution in [2.75, 3.05) is 0 Å². The number of allylic oxidation sites excluding steroid dienone is 2. The highest BCUT2D eigenvalue weighted by Gasteiger charge is 1.92. The molecular weight excluding hydrogens is 226 g/mol. The average Bonchev–Trinajstić information content (AvgIpc) is 2.73. The fourth-order valence-electron chi connectivity index (χ4n) is 1.49. The Bertz CT molecular complexity index is 535. The third-order valence-corrected chi connectivity index (χ3v) is 3.28. The van der Waals surface area contributed by atoms with Crippen LogP contribution < -0.4 is 0 Å². The molecule has 0 radical (unpaired) electrons. The Morgan fingerprint density at radius 1 is 1.24 bits per heavy atom. The van der Waals surface area contributed by atoms with E-state index in [0.29, 0.717) is 0 Å². The summed E-state index contributed by atoms with van der Waals surface area (Å²) in [6, 6.07) is 10.2. The lowest BCUT2D eigenvalue weighted by Crippen LogP contribution is -1.76. The van der Waals surface area contributed by atoms with Crippen LogP contribution in [0.5, 0.6) is 0 Å². The molecule has 0 unspecified atom stereocenters. The summed E-state index contributed by atoms with van der Waals surface area (Å²) in [5.41, 5.74) is 2.22. The van der Waals surface area contributed by atoms with Crippen molar-refractivity contribution in [3.05, 3.63) is 63.6 Å². The molecule has 1 nitrogen and oxygen atoms in total. The largest absolute Gasteiger partial charge is 0.257 e. The van der Waals surface area contributed by atoms with Crippen molar-refractivity contribution in [2.24, 2.45) is 0 Å². The number of hydrogen-bond acceptors (Lipinski definition) is 2. The lowest BCUT2D eigenvalue weighted by molar-refractivity contribution is 1.29. The van der Waals surface area contributed by atoms with Gasteiger partial charge in [0.1, 0.15) is 0 Å². The predicted molar refractivity (Wildman–Crippen MR) is 76.0 cm³/mol. The molecule has 2 rings (SSSR count). The molecule has 0 saturated carbocycles. The standard InChI is InChI=1S/C15H15NS/c1-12(11-15-9-7-13(2)17-15)6-8-14-5-3-4-10-16-14/h3-11H,1-2H3/b8-6+,12-11+. The van der Waals surface area contributed by atoms with Gasteiger partial charge in [-0.1, -0.05) is 12.1 Å². The summed E-state index contributed by atoms with van der Waals surface area (Å²) in [5.74, 6) is 0. The first kappa shape index (κ1) is 11.8. The van der Waals surface area contributed by atoms with Gasteiger partial charge in [0, 0.05) is 16.0 Å². The first-order valence-electron chi connectivity index (χ1n) is 5.58. The van der Waals surface area contributed by atoms with Crippen LogP contribution >= 0.6 is 11.3 Å². The number of nitrogens with zero attached hydrogens (tertiary/aromatic N) is 1. The van der Waals surface area contributed by atoms with E-state index in [1.165, 1.54) is 15.3 Å². The molecule has 0 spiro atoms. The van der Waals surface area contributed by atoms with E-state index in [1.807, 2.05) is 35.6 Å². The van der Waals surface area contributed by atoms with Crippen molar-refractivity contribution < 1.29 is 0 Å². The molecule has 0 saturated heterocycles. The molecule has 2 aromatic heterocycles. The van der Waals surface area contributed by atoms with Crippen LogP contribution in [0.3, 0.4) is 0 Å². The maximum atomic E-state index is 4.25. The number of hydrogen-bond donors (Lipinski definition) is 0. The maximum Gasteiger partial charge on any atom is 0.0629 e. The third kappa shape index (κ3) is 3.68. The summed E-state index contributed by atoms with van der Waals surface area (Å²) in [7, 11) is 0. The highest BCUT2D eigenvalue weighted by atomic mass is 32.1. The van der Waals surface area contributed by atoms with Gasteiger partial charge in [-0.2, -0.15) is 0 Å². The van der Waals surface area contributed by atoms with E-state index >= 15 is 0 Å². The Kier molecular flexibility index (Phi) is 3.89. The number of pyridine rings is 1. The van der Waals surface area contributed by atoms with E-state index in [9.17, 15) is 0 Å². The molecule has 0 fully saturated rings. The van der Waals surface area contributed by atoms with E-state index < -0.39 is 0 Å². The molecule has 0 aromatic carbocycles. The van der Waals surface area contributed by atoms with Gasteiger partial charge in [0.25, 0.3) is 0 Å². The zero-order valence-corrected chi connectivity index (χ0v) is 10.9. The van der Waals surface area contributed by atoms with E-state index in [4.69, 9.17) is 0 Å². The smallest absolute Gasteiger partial charge is 0.0629 e. The summed E-state index contributed by atoms with van der Waals surface area (Å²) in [6.45, 7) is 4.23. The zero-order valence-electron chi connectivity index (χ0n) is 10.1. The Labute approximate surface area is 106 Å². The molecule has 2 aromatic rings. The van der Waals surface area contributed by atoms with Gasteiger partial charge in [0.05, 0.1) is 5.69 Å². The average molecular weight is 241 g/mol. The SMILES string of the molecule is CC(/C=C/c1ccccn1)=C\c1ccc(C)s1. The number of aromatic nitrogens is 1. The topological polar surface area (TPSA) is 12.9 Å². The first-order chi connectivity index (χ1) is 8.24. The van der Waals surface area contributed by atoms with Crippen LogP contribution in [0.15, 0.2) is 48.2 Å². The second-order valence-electron chi connectivity index (χ2n) is 3.92. The highest BCUT2D eigenvalue weighted by molar-refractivity contribution is 7.12. The van der Waals surface area contributed by atoms with Gasteiger partial charge >= 0.3 is 0 Å². The van der Waals surface area contributed by atoms with Crippen molar-refractivity contribution in [1.29, 1.82) is 0 Å². The minimum Gasteiger partial charge on any atom is -0.257 e. The van der Waals surface area contributed by atoms with Gasteiger partial charge in [0.15, 0.2) is 0 Å². The van der Waals surface area contributed by atoms with Crippen molar-refractivity contribution in [2.45, 2.75) is 13.8 Å². The Balaban J connectivity index is 2.09. The summed E-state index contributed by atoms with van der Waals surface area (Å²) >= 11 is 1.81. The van der Waals surface area contributed by atoms with Gasteiger partial charge in [-0.25, -0.2) is 0 Å². The zero-order chi connectivity index (χ0) is 12.1. The Hall–Kier alpha value is -1.67. The van der Waals surface area contributed by atoms with Gasteiger partial charge < -0.3 is 0 Å². The van der Waals surface area contributed by atoms with Crippen LogP contribution in [0, 0.1) is 6.92 Å². The van der Waals surface area contributed by atoms with E-state index in [2.05, 4.69) is 43.1 Å². The molecule has 2 heterocycles. The summed E-state index contributed by atoms with van der Waals surface area (Å²) in [5, 5.41) is 0. The number of thiophene rings is 1. The third-order valence-electron chi connectivity index (χ3n) is 2.34. The normalized spacial score (nSPS) is 12.2. The lowest BCUT2D eigenvalue weighted by atomic mass is 10.2. The lowest BCUT2D eigenvalue weighted by Gasteiger charge is -1.92. The van der Waals surface area contributed by atoms with Gasteiger partial charge in [0.2, 0.25) is 0 Å². The van der Waals surface area contributed by atoms with Gasteiger partial charge in [-0.05, 0) is 55.8 Å². The van der Waals surface area contributed by atoms with Crippen LogP contribution in [-0.2, 0) is 0 Å². The minimum atomic E-state index is 0.989. The van der Waals surface area contributed by atoms with Gasteiger partial charge in [-0.15, -0.1) is 11.3 Å². The second kappa shape index (κ2) is 5.60. The van der Waals surface area contributed by atoms with Crippen molar-refractivity contribution in [3.63, 3.8) is 0 Å². The monoisotopic (exact) mass is 241 g/mol. The molecule has 0 atom stereocenters. The Morgan fingerprint density at radius 2 is 2.12 bits per heavy atom. The van der Waals surface area contributed by atoms with Crippen molar-refractivity contribution in [3.8, 4) is 0 Å². The number of rotatable bonds is 3. The number of aryl methyl sites for hydroxylation is 1. The molecule has 17 heavy (non-hydrogen) atoms. The summed E-state index contributed by atoms with van der Waals surface area (Å²) in [4.78, 5) is 6.89. The first-order valence-corrected chi connectivity index (χ1v) is 6.39. The minimum absolute atomic E-state index is 0.989. The van der Waals surface area contributed by atoms with Crippen molar-refractivity contribution >= 4 is 23.5 Å². The van der Waals surface area contributed by atoms with Crippen LogP contribution in [0.1, 0.15) is 22.4 Å². The van der Waals surface area contributed by atoms with Crippen LogP contribution in [0.25, 0.3) is 12.2 Å². The maximum absolute atomic E-state index is 4.25. The molecule has 0 amide bonds. The summed E-state index contributed by atoms with van der Waals surface area (Å²) < 4.78 is 0. The predicted octanol–water partition coefficient (Wildman–Crippen LogP) is 4.57. The molecule has 0 N–H and O–H groups in total. The van der Waals surface area contributed by atoms with E-state index in [0.717, 1.165) is 5.69 Å². The molecule has 0 bridgehead atoms. The highest BCUT2D eigenvalue weighted by Crippen LogP contribution is 2.18. The van der Waals surface area contributed by atoms with Crippen molar-refractivity contribution in [1.82, 2.24) is 4.98 Å². The van der Waals surface area contributed by atoms with E-state index in [1.54, 1.807) is 6.20 Å². The Morgan fingerprint density at radius 3 is 2.76 bits per heavy atom. The fraction of sp³-hybridized carbons (Fsp3) is 0.133. The molecule has 0 aliphatic carbocycles. The van der Waals surface area contributed by atoms with Crippen LogP contribution in [0.2, 0.25) is 0 Å². The molecule has 86 valence electrons. The molecule has 2 heteroatoms.